The lowest BCUT2D eigenvalue weighted by atomic mass is 10.4. The highest BCUT2D eigenvalue weighted by molar-refractivity contribution is 7.10. The summed E-state index contributed by atoms with van der Waals surface area (Å²) in [5.41, 5.74) is 0.734. The Bertz CT molecular complexity index is 500. The molecule has 0 radical (unpaired) electrons. The zero-order valence-electron chi connectivity index (χ0n) is 8.64. The van der Waals surface area contributed by atoms with Crippen molar-refractivity contribution in [1.82, 2.24) is 5.16 Å². The maximum absolute atomic E-state index is 11.4. The number of carbonyl (C=O) groups excluding carboxylic acids is 1. The van der Waals surface area contributed by atoms with Crippen LogP contribution in [0.5, 0.6) is 0 Å². The smallest absolute Gasteiger partial charge is 0.250 e. The van der Waals surface area contributed by atoms with E-state index < -0.39 is 0 Å². The first-order chi connectivity index (χ1) is 7.74. The van der Waals surface area contributed by atoms with Crippen LogP contribution in [-0.2, 0) is 4.79 Å². The van der Waals surface area contributed by atoms with Crippen LogP contribution in [0.2, 0.25) is 0 Å². The Morgan fingerprint density at radius 1 is 1.62 bits per heavy atom. The molecule has 5 heteroatoms. The van der Waals surface area contributed by atoms with Gasteiger partial charge in [0.2, 0.25) is 5.88 Å². The standard InChI is InChI=1S/C11H10N2O2S/c1-8-7-11(15-13-8)12-10(14)5-4-9-3-2-6-16-9/h2-7H,1H3,(H,12,14)/b5-4+. The van der Waals surface area contributed by atoms with Gasteiger partial charge in [0.05, 0.1) is 5.69 Å². The number of nitrogens with zero attached hydrogens (tertiary/aromatic N) is 1. The molecule has 0 fully saturated rings. The van der Waals surface area contributed by atoms with Gasteiger partial charge in [-0.3, -0.25) is 10.1 Å². The van der Waals surface area contributed by atoms with Crippen LogP contribution >= 0.6 is 11.3 Å². The number of nitrogens with one attached hydrogen (secondary N) is 1. The van der Waals surface area contributed by atoms with Gasteiger partial charge in [-0.15, -0.1) is 11.3 Å². The van der Waals surface area contributed by atoms with Crippen LogP contribution in [0.25, 0.3) is 6.08 Å². The van der Waals surface area contributed by atoms with Crippen molar-refractivity contribution >= 4 is 29.2 Å². The molecule has 2 heterocycles. The average Bonchev–Trinajstić information content (AvgIpc) is 2.87. The van der Waals surface area contributed by atoms with Gasteiger partial charge in [0, 0.05) is 17.0 Å². The van der Waals surface area contributed by atoms with Crippen LogP contribution in [0.1, 0.15) is 10.6 Å². The van der Waals surface area contributed by atoms with Crippen molar-refractivity contribution in [3.63, 3.8) is 0 Å². The molecule has 0 aliphatic carbocycles. The van der Waals surface area contributed by atoms with Gasteiger partial charge >= 0.3 is 0 Å². The number of hydrogen-bond acceptors (Lipinski definition) is 4. The molecular formula is C11H10N2O2S. The van der Waals surface area contributed by atoms with Crippen LogP contribution < -0.4 is 5.32 Å². The Morgan fingerprint density at radius 2 is 2.50 bits per heavy atom. The maximum atomic E-state index is 11.4. The summed E-state index contributed by atoms with van der Waals surface area (Å²) in [6.45, 7) is 1.79. The number of thiophene rings is 1. The average molecular weight is 234 g/mol. The van der Waals surface area contributed by atoms with E-state index in [1.165, 1.54) is 6.08 Å². The van der Waals surface area contributed by atoms with E-state index in [1.54, 1.807) is 30.4 Å². The van der Waals surface area contributed by atoms with Gasteiger partial charge in [0.25, 0.3) is 5.91 Å². The molecule has 0 saturated carbocycles. The minimum Gasteiger partial charge on any atom is -0.338 e. The first-order valence-electron chi connectivity index (χ1n) is 4.70. The van der Waals surface area contributed by atoms with Crippen LogP contribution in [0.4, 0.5) is 5.88 Å². The summed E-state index contributed by atoms with van der Waals surface area (Å²) in [5.74, 6) is 0.128. The van der Waals surface area contributed by atoms with Crippen molar-refractivity contribution in [1.29, 1.82) is 0 Å². The summed E-state index contributed by atoms with van der Waals surface area (Å²) >= 11 is 1.57. The summed E-state index contributed by atoms with van der Waals surface area (Å²) in [7, 11) is 0. The summed E-state index contributed by atoms with van der Waals surface area (Å²) in [4.78, 5) is 12.5. The van der Waals surface area contributed by atoms with Crippen molar-refractivity contribution in [2.75, 3.05) is 5.32 Å². The number of aromatic nitrogens is 1. The van der Waals surface area contributed by atoms with E-state index in [2.05, 4.69) is 10.5 Å². The SMILES string of the molecule is Cc1cc(NC(=O)/C=C/c2cccs2)on1. The Kier molecular flexibility index (Phi) is 3.16. The molecule has 0 atom stereocenters. The van der Waals surface area contributed by atoms with Crippen LogP contribution in [-0.4, -0.2) is 11.1 Å². The van der Waals surface area contributed by atoms with Gasteiger partial charge in [0.15, 0.2) is 0 Å². The summed E-state index contributed by atoms with van der Waals surface area (Å²) < 4.78 is 4.86. The molecule has 1 N–H and O–H groups in total. The van der Waals surface area contributed by atoms with Crippen molar-refractivity contribution < 1.29 is 9.32 Å². The normalized spacial score (nSPS) is 10.8. The van der Waals surface area contributed by atoms with Crippen molar-refractivity contribution in [2.45, 2.75) is 6.92 Å². The molecule has 0 aliphatic rings. The number of aryl methyl sites for hydroxylation is 1. The van der Waals surface area contributed by atoms with Gasteiger partial charge in [-0.05, 0) is 24.4 Å². The molecule has 16 heavy (non-hydrogen) atoms. The predicted molar refractivity (Wildman–Crippen MR) is 63.2 cm³/mol. The summed E-state index contributed by atoms with van der Waals surface area (Å²) in [6, 6.07) is 5.53. The van der Waals surface area contributed by atoms with Gasteiger partial charge in [-0.1, -0.05) is 11.2 Å². The Morgan fingerprint density at radius 3 is 3.12 bits per heavy atom. The Labute approximate surface area is 96.6 Å². The van der Waals surface area contributed by atoms with Gasteiger partial charge in [-0.25, -0.2) is 0 Å². The minimum atomic E-state index is -0.232. The largest absolute Gasteiger partial charge is 0.338 e. The third kappa shape index (κ3) is 2.80. The highest BCUT2D eigenvalue weighted by Crippen LogP contribution is 2.11. The Balaban J connectivity index is 1.94. The zero-order chi connectivity index (χ0) is 11.4. The molecule has 0 aromatic carbocycles. The molecule has 0 aliphatic heterocycles. The fourth-order valence-electron chi connectivity index (χ4n) is 1.13. The number of rotatable bonds is 3. The zero-order valence-corrected chi connectivity index (χ0v) is 9.45. The lowest BCUT2D eigenvalue weighted by Gasteiger charge is -1.93. The molecule has 82 valence electrons. The molecule has 2 aromatic rings. The highest BCUT2D eigenvalue weighted by Gasteiger charge is 2.02. The fraction of sp³-hybridized carbons (Fsp3) is 0.0909. The van der Waals surface area contributed by atoms with Crippen LogP contribution in [0.15, 0.2) is 34.2 Å². The maximum Gasteiger partial charge on any atom is 0.250 e. The van der Waals surface area contributed by atoms with E-state index >= 15 is 0 Å². The topological polar surface area (TPSA) is 55.1 Å². The van der Waals surface area contributed by atoms with E-state index in [9.17, 15) is 4.79 Å². The van der Waals surface area contributed by atoms with E-state index in [0.717, 1.165) is 10.6 Å². The van der Waals surface area contributed by atoms with E-state index in [0.29, 0.717) is 5.88 Å². The molecule has 2 rings (SSSR count). The third-order valence-electron chi connectivity index (χ3n) is 1.82. The molecule has 0 saturated heterocycles. The molecular weight excluding hydrogens is 224 g/mol. The third-order valence-corrected chi connectivity index (χ3v) is 2.65. The van der Waals surface area contributed by atoms with Crippen molar-refractivity contribution in [2.24, 2.45) is 0 Å². The Hall–Kier alpha value is -1.88. The molecule has 4 nitrogen and oxygen atoms in total. The lowest BCUT2D eigenvalue weighted by molar-refractivity contribution is -0.112. The molecule has 0 spiro atoms. The number of hydrogen-bond donors (Lipinski definition) is 1. The molecule has 2 aromatic heterocycles. The van der Waals surface area contributed by atoms with Gasteiger partial charge in [-0.2, -0.15) is 0 Å². The van der Waals surface area contributed by atoms with Crippen molar-refractivity contribution in [3.05, 3.63) is 40.2 Å². The van der Waals surface area contributed by atoms with E-state index in [-0.39, 0.29) is 5.91 Å². The van der Waals surface area contributed by atoms with Crippen molar-refractivity contribution in [3.8, 4) is 0 Å². The number of amides is 1. The summed E-state index contributed by atoms with van der Waals surface area (Å²) in [5, 5.41) is 8.20. The quantitative estimate of drug-likeness (QED) is 0.831. The number of anilines is 1. The monoisotopic (exact) mass is 234 g/mol. The predicted octanol–water partition coefficient (Wildman–Crippen LogP) is 2.70. The molecule has 1 amide bonds. The lowest BCUT2D eigenvalue weighted by Crippen LogP contribution is -2.06. The second-order valence-electron chi connectivity index (χ2n) is 3.17. The minimum absolute atomic E-state index is 0.232. The molecule has 0 bridgehead atoms. The summed E-state index contributed by atoms with van der Waals surface area (Å²) in [6.07, 6.45) is 3.22. The second-order valence-corrected chi connectivity index (χ2v) is 4.15. The van der Waals surface area contributed by atoms with E-state index in [1.807, 2.05) is 17.5 Å². The van der Waals surface area contributed by atoms with Gasteiger partial charge in [0.1, 0.15) is 0 Å². The molecule has 0 unspecified atom stereocenters. The highest BCUT2D eigenvalue weighted by atomic mass is 32.1. The fourth-order valence-corrected chi connectivity index (χ4v) is 1.75. The van der Waals surface area contributed by atoms with Crippen LogP contribution in [0.3, 0.4) is 0 Å². The van der Waals surface area contributed by atoms with E-state index in [4.69, 9.17) is 4.52 Å². The van der Waals surface area contributed by atoms with Gasteiger partial charge < -0.3 is 4.52 Å². The first kappa shape index (κ1) is 10.6. The van der Waals surface area contributed by atoms with Crippen LogP contribution in [0, 0.1) is 6.92 Å². The first-order valence-corrected chi connectivity index (χ1v) is 5.58. The number of carbonyl (C=O) groups is 1. The second kappa shape index (κ2) is 4.76.